The Labute approximate surface area is 227 Å². The number of nitrogens with one attached hydrogen (secondary N) is 2. The quantitative estimate of drug-likeness (QED) is 0.237. The van der Waals surface area contributed by atoms with Crippen molar-refractivity contribution in [3.05, 3.63) is 73.2 Å². The molecule has 14 heteroatoms. The first-order valence-corrected chi connectivity index (χ1v) is 11.8. The molecule has 0 fully saturated rings. The summed E-state index contributed by atoms with van der Waals surface area (Å²) in [7, 11) is 0. The standard InChI is InChI=1S/C23H18Cl4F6N2O2/c1-10(20(36)34-9-23(31,32)33)35-21(37)13-4-3-11(5-15(13)24)18(28)8-14(22(2,29)30)12-6-16(25)19(27)17(26)7-12/h3-8,10,14H,9H2,1-2H3,(H,34,36)(H,35,37)/b18-8-. The van der Waals surface area contributed by atoms with Crippen molar-refractivity contribution in [3.8, 4) is 0 Å². The Bertz CT molecular complexity index is 1190. The number of alkyl halides is 5. The van der Waals surface area contributed by atoms with Gasteiger partial charge in [-0.05, 0) is 42.8 Å². The molecule has 202 valence electrons. The zero-order valence-corrected chi connectivity index (χ0v) is 21.9. The summed E-state index contributed by atoms with van der Waals surface area (Å²) in [6.45, 7) is 0.137. The SMILES string of the molecule is CC(NC(=O)c1ccc(/C(F)=C/C(c2cc(Cl)c(Cl)c(Cl)c2)C(C)(F)F)cc1Cl)C(=O)NCC(F)(F)F. The van der Waals surface area contributed by atoms with Crippen molar-refractivity contribution in [1.29, 1.82) is 0 Å². The van der Waals surface area contributed by atoms with Crippen molar-refractivity contribution >= 4 is 64.0 Å². The highest BCUT2D eigenvalue weighted by Crippen LogP contribution is 2.41. The van der Waals surface area contributed by atoms with Crippen molar-refractivity contribution in [3.63, 3.8) is 0 Å². The Hall–Kier alpha value is -2.14. The van der Waals surface area contributed by atoms with Gasteiger partial charge < -0.3 is 10.6 Å². The van der Waals surface area contributed by atoms with Gasteiger partial charge in [-0.3, -0.25) is 9.59 Å². The molecule has 0 aliphatic rings. The maximum Gasteiger partial charge on any atom is 0.405 e. The molecule has 37 heavy (non-hydrogen) atoms. The van der Waals surface area contributed by atoms with Gasteiger partial charge in [0, 0.05) is 12.5 Å². The van der Waals surface area contributed by atoms with Crippen LogP contribution in [0.2, 0.25) is 20.1 Å². The lowest BCUT2D eigenvalue weighted by Crippen LogP contribution is -2.47. The molecule has 2 aromatic rings. The van der Waals surface area contributed by atoms with E-state index in [2.05, 4.69) is 5.32 Å². The molecule has 2 aromatic carbocycles. The monoisotopic (exact) mass is 608 g/mol. The van der Waals surface area contributed by atoms with E-state index in [-0.39, 0.29) is 36.8 Å². The van der Waals surface area contributed by atoms with Crippen molar-refractivity contribution in [2.45, 2.75) is 37.9 Å². The highest BCUT2D eigenvalue weighted by molar-refractivity contribution is 6.48. The molecular formula is C23H18Cl4F6N2O2. The second kappa shape index (κ2) is 12.1. The van der Waals surface area contributed by atoms with E-state index < -0.39 is 48.2 Å². The summed E-state index contributed by atoms with van der Waals surface area (Å²) in [5.41, 5.74) is -0.595. The summed E-state index contributed by atoms with van der Waals surface area (Å²) >= 11 is 23.8. The highest BCUT2D eigenvalue weighted by Gasteiger charge is 2.35. The van der Waals surface area contributed by atoms with E-state index in [1.165, 1.54) is 0 Å². The van der Waals surface area contributed by atoms with Gasteiger partial charge in [0.25, 0.3) is 11.8 Å². The van der Waals surface area contributed by atoms with Crippen LogP contribution in [0.5, 0.6) is 0 Å². The fraction of sp³-hybridized carbons (Fsp3) is 0.304. The van der Waals surface area contributed by atoms with Gasteiger partial charge in [-0.15, -0.1) is 0 Å². The first-order chi connectivity index (χ1) is 16.9. The van der Waals surface area contributed by atoms with E-state index >= 15 is 4.39 Å². The van der Waals surface area contributed by atoms with Gasteiger partial charge in [0.05, 0.1) is 31.6 Å². The summed E-state index contributed by atoms with van der Waals surface area (Å²) in [6, 6.07) is 4.04. The van der Waals surface area contributed by atoms with E-state index in [1.807, 2.05) is 0 Å². The molecule has 2 atom stereocenters. The first kappa shape index (κ1) is 31.1. The molecule has 0 bridgehead atoms. The average molecular weight is 610 g/mol. The van der Waals surface area contributed by atoms with Gasteiger partial charge >= 0.3 is 6.18 Å². The van der Waals surface area contributed by atoms with Crippen LogP contribution < -0.4 is 10.6 Å². The number of amides is 2. The summed E-state index contributed by atoms with van der Waals surface area (Å²) in [6.07, 6.45) is -4.00. The predicted octanol–water partition coefficient (Wildman–Crippen LogP) is 7.85. The maximum absolute atomic E-state index is 15.0. The largest absolute Gasteiger partial charge is 0.405 e. The molecule has 2 N–H and O–H groups in total. The minimum atomic E-state index is -4.64. The van der Waals surface area contributed by atoms with E-state index in [0.717, 1.165) is 37.3 Å². The molecule has 2 rings (SSSR count). The lowest BCUT2D eigenvalue weighted by atomic mass is 9.92. The highest BCUT2D eigenvalue weighted by atomic mass is 35.5. The molecule has 2 amide bonds. The zero-order chi connectivity index (χ0) is 28.3. The summed E-state index contributed by atoms with van der Waals surface area (Å²) in [4.78, 5) is 24.2. The fourth-order valence-corrected chi connectivity index (χ4v) is 3.94. The van der Waals surface area contributed by atoms with E-state index in [4.69, 9.17) is 46.4 Å². The Balaban J connectivity index is 2.27. The van der Waals surface area contributed by atoms with Crippen LogP contribution in [0.15, 0.2) is 36.4 Å². The number of carbonyl (C=O) groups is 2. The Morgan fingerprint density at radius 3 is 2.03 bits per heavy atom. The lowest BCUT2D eigenvalue weighted by molar-refractivity contribution is -0.139. The minimum absolute atomic E-state index is 0.0532. The second-order valence-corrected chi connectivity index (χ2v) is 9.57. The molecular weight excluding hydrogens is 592 g/mol. The Morgan fingerprint density at radius 2 is 1.54 bits per heavy atom. The van der Waals surface area contributed by atoms with Crippen LogP contribution in [0.3, 0.4) is 0 Å². The van der Waals surface area contributed by atoms with Gasteiger partial charge in [-0.1, -0.05) is 52.5 Å². The molecule has 2 unspecified atom stereocenters. The van der Waals surface area contributed by atoms with E-state index in [1.54, 1.807) is 5.32 Å². The van der Waals surface area contributed by atoms with Crippen LogP contribution in [0.4, 0.5) is 26.3 Å². The van der Waals surface area contributed by atoms with Gasteiger partial charge in [0.15, 0.2) is 0 Å². The molecule has 4 nitrogen and oxygen atoms in total. The predicted molar refractivity (Wildman–Crippen MR) is 131 cm³/mol. The van der Waals surface area contributed by atoms with Crippen LogP contribution in [-0.4, -0.2) is 36.5 Å². The van der Waals surface area contributed by atoms with Crippen molar-refractivity contribution in [2.24, 2.45) is 0 Å². The lowest BCUT2D eigenvalue weighted by Gasteiger charge is -2.22. The Morgan fingerprint density at radius 1 is 0.973 bits per heavy atom. The van der Waals surface area contributed by atoms with Crippen LogP contribution in [0.1, 0.15) is 41.3 Å². The topological polar surface area (TPSA) is 58.2 Å². The third-order valence-corrected chi connectivity index (χ3v) is 6.43. The smallest absolute Gasteiger partial charge is 0.345 e. The van der Waals surface area contributed by atoms with Crippen molar-refractivity contribution in [1.82, 2.24) is 10.6 Å². The van der Waals surface area contributed by atoms with Gasteiger partial charge in [-0.25, -0.2) is 13.2 Å². The summed E-state index contributed by atoms with van der Waals surface area (Å²) in [5.74, 6) is -8.40. The molecule has 0 radical (unpaired) electrons. The number of halogens is 10. The van der Waals surface area contributed by atoms with Crippen molar-refractivity contribution in [2.75, 3.05) is 6.54 Å². The van der Waals surface area contributed by atoms with E-state index in [0.29, 0.717) is 13.0 Å². The molecule has 0 aliphatic carbocycles. The molecule has 0 saturated heterocycles. The third kappa shape index (κ3) is 8.70. The minimum Gasteiger partial charge on any atom is -0.345 e. The van der Waals surface area contributed by atoms with Gasteiger partial charge in [0.1, 0.15) is 18.4 Å². The number of benzene rings is 2. The average Bonchev–Trinajstić information content (AvgIpc) is 2.77. The number of rotatable bonds is 8. The summed E-state index contributed by atoms with van der Waals surface area (Å²) < 4.78 is 80.5. The van der Waals surface area contributed by atoms with Crippen molar-refractivity contribution < 1.29 is 35.9 Å². The number of carbonyl (C=O) groups excluding carboxylic acids is 2. The maximum atomic E-state index is 15.0. The molecule has 0 spiro atoms. The summed E-state index contributed by atoms with van der Waals surface area (Å²) in [5, 5.41) is 3.21. The van der Waals surface area contributed by atoms with Crippen LogP contribution in [-0.2, 0) is 4.79 Å². The molecule has 0 aliphatic heterocycles. The van der Waals surface area contributed by atoms with Crippen LogP contribution in [0.25, 0.3) is 5.83 Å². The van der Waals surface area contributed by atoms with Crippen LogP contribution in [0, 0.1) is 0 Å². The second-order valence-electron chi connectivity index (χ2n) is 7.97. The normalized spacial score (nSPS) is 14.2. The number of hydrogen-bond acceptors (Lipinski definition) is 2. The third-order valence-electron chi connectivity index (χ3n) is 4.92. The molecule has 0 saturated carbocycles. The van der Waals surface area contributed by atoms with Gasteiger partial charge in [0.2, 0.25) is 5.91 Å². The first-order valence-electron chi connectivity index (χ1n) is 10.3. The molecule has 0 aromatic heterocycles. The number of hydrogen-bond donors (Lipinski definition) is 2. The van der Waals surface area contributed by atoms with Gasteiger partial charge in [-0.2, -0.15) is 13.2 Å². The zero-order valence-electron chi connectivity index (χ0n) is 18.9. The molecule has 0 heterocycles. The Kier molecular flexibility index (Phi) is 10.2. The van der Waals surface area contributed by atoms with Crippen LogP contribution >= 0.6 is 46.4 Å². The van der Waals surface area contributed by atoms with E-state index in [9.17, 15) is 31.5 Å². The number of allylic oxidation sites excluding steroid dienone is 1. The fourth-order valence-electron chi connectivity index (χ4n) is 3.06.